The number of carbonyl (C=O) groups excluding carboxylic acids is 1. The second kappa shape index (κ2) is 5.59. The van der Waals surface area contributed by atoms with Gasteiger partial charge in [-0.2, -0.15) is 26.3 Å². The summed E-state index contributed by atoms with van der Waals surface area (Å²) in [5.41, 5.74) is -5.51. The molecule has 0 aromatic carbocycles. The molecule has 0 aromatic rings. The minimum atomic E-state index is -6.21. The van der Waals surface area contributed by atoms with E-state index in [9.17, 15) is 31.1 Å². The van der Waals surface area contributed by atoms with Gasteiger partial charge in [0.25, 0.3) is 0 Å². The second-order valence-corrected chi connectivity index (χ2v) is 3.27. The van der Waals surface area contributed by atoms with E-state index < -0.39 is 30.5 Å². The van der Waals surface area contributed by atoms with E-state index in [1.54, 1.807) is 0 Å². The van der Waals surface area contributed by atoms with Gasteiger partial charge in [-0.3, -0.25) is 0 Å². The zero-order valence-electron chi connectivity index (χ0n) is 8.94. The number of allylic oxidation sites excluding steroid dienone is 1. The Morgan fingerprint density at radius 3 is 1.94 bits per heavy atom. The summed E-state index contributed by atoms with van der Waals surface area (Å²) >= 11 is 0. The smallest absolute Gasteiger partial charge is 0.437 e. The summed E-state index contributed by atoms with van der Waals surface area (Å²) < 4.78 is 76.6. The first-order valence-electron chi connectivity index (χ1n) is 4.62. The van der Waals surface area contributed by atoms with Crippen LogP contribution in [-0.2, 0) is 9.53 Å². The predicted octanol–water partition coefficient (Wildman–Crippen LogP) is 2.35. The Hall–Kier alpha value is -1.25. The number of aliphatic hydroxyl groups is 1. The monoisotopic (exact) mass is 280 g/mol. The molecular weight excluding hydrogens is 270 g/mol. The zero-order chi connectivity index (χ0) is 14.6. The molecule has 0 heterocycles. The van der Waals surface area contributed by atoms with Crippen molar-refractivity contribution in [3.8, 4) is 0 Å². The Morgan fingerprint density at radius 1 is 1.17 bits per heavy atom. The molecule has 0 saturated heterocycles. The van der Waals surface area contributed by atoms with E-state index in [1.165, 1.54) is 6.08 Å². The number of carbonyl (C=O) groups is 1. The van der Waals surface area contributed by atoms with Crippen molar-refractivity contribution in [2.45, 2.75) is 30.8 Å². The summed E-state index contributed by atoms with van der Waals surface area (Å²) in [7, 11) is 0. The van der Waals surface area contributed by atoms with Crippen molar-refractivity contribution in [2.75, 3.05) is 6.61 Å². The zero-order valence-corrected chi connectivity index (χ0v) is 8.94. The molecule has 106 valence electrons. The van der Waals surface area contributed by atoms with Crippen molar-refractivity contribution in [3.63, 3.8) is 0 Å². The van der Waals surface area contributed by atoms with Gasteiger partial charge in [0.2, 0.25) is 0 Å². The topological polar surface area (TPSA) is 46.5 Å². The van der Waals surface area contributed by atoms with Crippen molar-refractivity contribution in [2.24, 2.45) is 0 Å². The highest BCUT2D eigenvalue weighted by Gasteiger charge is 2.76. The van der Waals surface area contributed by atoms with Crippen LogP contribution in [0.4, 0.5) is 26.3 Å². The van der Waals surface area contributed by atoms with Gasteiger partial charge in [-0.05, 0) is 12.8 Å². The highest BCUT2D eigenvalue weighted by atomic mass is 19.4. The largest absolute Gasteiger partial charge is 0.463 e. The maximum absolute atomic E-state index is 12.1. The van der Waals surface area contributed by atoms with Gasteiger partial charge in [0.1, 0.15) is 0 Å². The molecule has 0 fully saturated rings. The minimum Gasteiger partial charge on any atom is -0.463 e. The molecule has 0 aliphatic heterocycles. The van der Waals surface area contributed by atoms with Gasteiger partial charge in [0, 0.05) is 0 Å². The van der Waals surface area contributed by atoms with Crippen molar-refractivity contribution >= 4 is 5.97 Å². The molecule has 0 aliphatic carbocycles. The Morgan fingerprint density at radius 2 is 1.61 bits per heavy atom. The molecule has 0 aliphatic rings. The lowest BCUT2D eigenvalue weighted by Gasteiger charge is -2.29. The van der Waals surface area contributed by atoms with Crippen LogP contribution in [0.1, 0.15) is 12.8 Å². The molecule has 0 unspecified atom stereocenters. The normalized spacial score (nSPS) is 13.3. The molecule has 3 nitrogen and oxygen atoms in total. The lowest BCUT2D eigenvalue weighted by atomic mass is 10.0. The SMILES string of the molecule is C=CCCCOC(=O)C(O)(C(F)(F)F)C(F)(F)F. The number of hydrogen-bond acceptors (Lipinski definition) is 3. The molecule has 0 saturated carbocycles. The van der Waals surface area contributed by atoms with E-state index in [-0.39, 0.29) is 12.8 Å². The first-order chi connectivity index (χ1) is 7.98. The molecule has 1 N–H and O–H groups in total. The highest BCUT2D eigenvalue weighted by Crippen LogP contribution is 2.43. The Labute approximate surface area is 98.0 Å². The summed E-state index contributed by atoms with van der Waals surface area (Å²) in [6.07, 6.45) is -10.8. The molecule has 9 heteroatoms. The van der Waals surface area contributed by atoms with Crippen LogP contribution in [0.5, 0.6) is 0 Å². The van der Waals surface area contributed by atoms with E-state index in [0.717, 1.165) is 0 Å². The van der Waals surface area contributed by atoms with Crippen LogP contribution in [-0.4, -0.2) is 35.6 Å². The summed E-state index contributed by atoms with van der Waals surface area (Å²) in [4.78, 5) is 10.8. The molecule has 0 atom stereocenters. The second-order valence-electron chi connectivity index (χ2n) is 3.27. The van der Waals surface area contributed by atoms with Gasteiger partial charge in [0.15, 0.2) is 0 Å². The van der Waals surface area contributed by atoms with Gasteiger partial charge in [-0.1, -0.05) is 6.08 Å². The molecule has 0 aromatic heterocycles. The maximum Gasteiger partial charge on any atom is 0.437 e. The van der Waals surface area contributed by atoms with Crippen molar-refractivity contribution in [1.82, 2.24) is 0 Å². The average Bonchev–Trinajstić information content (AvgIpc) is 2.19. The molecule has 0 bridgehead atoms. The molecule has 0 rings (SSSR count). The fourth-order valence-corrected chi connectivity index (χ4v) is 0.889. The standard InChI is InChI=1S/C9H10F6O3/c1-2-3-4-5-18-6(16)7(17,8(10,11)12)9(13,14)15/h2,17H,1,3-5H2. The van der Waals surface area contributed by atoms with Crippen LogP contribution in [0.2, 0.25) is 0 Å². The van der Waals surface area contributed by atoms with Crippen molar-refractivity contribution in [3.05, 3.63) is 12.7 Å². The average molecular weight is 280 g/mol. The third kappa shape index (κ3) is 3.37. The van der Waals surface area contributed by atoms with Gasteiger partial charge in [-0.15, -0.1) is 6.58 Å². The van der Waals surface area contributed by atoms with Crippen LogP contribution in [0, 0.1) is 0 Å². The Bertz CT molecular complexity index is 292. The molecule has 0 amide bonds. The maximum atomic E-state index is 12.1. The first kappa shape index (κ1) is 16.8. The summed E-state index contributed by atoms with van der Waals surface area (Å²) in [6.45, 7) is 2.57. The summed E-state index contributed by atoms with van der Waals surface area (Å²) in [5.74, 6) is -2.79. The number of hydrogen-bond donors (Lipinski definition) is 1. The number of halogens is 6. The summed E-state index contributed by atoms with van der Waals surface area (Å²) in [6, 6.07) is 0. The lowest BCUT2D eigenvalue weighted by molar-refractivity contribution is -0.356. The van der Waals surface area contributed by atoms with E-state index in [0.29, 0.717) is 0 Å². The molecular formula is C9H10F6O3. The molecule has 0 radical (unpaired) electrons. The van der Waals surface area contributed by atoms with Crippen LogP contribution < -0.4 is 0 Å². The highest BCUT2D eigenvalue weighted by molar-refractivity contribution is 5.81. The van der Waals surface area contributed by atoms with Gasteiger partial charge in [0.05, 0.1) is 6.61 Å². The van der Waals surface area contributed by atoms with Crippen molar-refractivity contribution in [1.29, 1.82) is 0 Å². The van der Waals surface area contributed by atoms with Crippen LogP contribution in [0.3, 0.4) is 0 Å². The van der Waals surface area contributed by atoms with E-state index in [2.05, 4.69) is 11.3 Å². The quantitative estimate of drug-likeness (QED) is 0.364. The third-order valence-corrected chi connectivity index (χ3v) is 1.90. The van der Waals surface area contributed by atoms with Gasteiger partial charge >= 0.3 is 23.9 Å². The van der Waals surface area contributed by atoms with E-state index in [1.807, 2.05) is 0 Å². The lowest BCUT2D eigenvalue weighted by Crippen LogP contribution is -2.63. The number of esters is 1. The van der Waals surface area contributed by atoms with E-state index >= 15 is 0 Å². The third-order valence-electron chi connectivity index (χ3n) is 1.90. The number of alkyl halides is 6. The number of unbranched alkanes of at least 4 members (excludes halogenated alkanes) is 1. The van der Waals surface area contributed by atoms with Crippen LogP contribution >= 0.6 is 0 Å². The van der Waals surface area contributed by atoms with Crippen LogP contribution in [0.25, 0.3) is 0 Å². The number of rotatable bonds is 5. The van der Waals surface area contributed by atoms with Crippen molar-refractivity contribution < 1.29 is 41.0 Å². The fourth-order valence-electron chi connectivity index (χ4n) is 0.889. The Balaban J connectivity index is 4.91. The van der Waals surface area contributed by atoms with Gasteiger partial charge in [-0.25, -0.2) is 4.79 Å². The fraction of sp³-hybridized carbons (Fsp3) is 0.667. The predicted molar refractivity (Wildman–Crippen MR) is 47.4 cm³/mol. The molecule has 18 heavy (non-hydrogen) atoms. The number of ether oxygens (including phenoxy) is 1. The summed E-state index contributed by atoms with van der Waals surface area (Å²) in [5, 5.41) is 8.56. The van der Waals surface area contributed by atoms with Gasteiger partial charge < -0.3 is 9.84 Å². The van der Waals surface area contributed by atoms with E-state index in [4.69, 9.17) is 5.11 Å². The van der Waals surface area contributed by atoms with Crippen LogP contribution in [0.15, 0.2) is 12.7 Å². The molecule has 0 spiro atoms. The minimum absolute atomic E-state index is 0.00103. The first-order valence-corrected chi connectivity index (χ1v) is 4.62. The Kier molecular flexibility index (Phi) is 5.21.